The number of amides is 1. The van der Waals surface area contributed by atoms with Gasteiger partial charge in [0.15, 0.2) is 5.69 Å². The monoisotopic (exact) mass is 260 g/mol. The summed E-state index contributed by atoms with van der Waals surface area (Å²) < 4.78 is 1.53. The molecule has 1 aromatic heterocycles. The molecule has 6 heteroatoms. The second-order valence-corrected chi connectivity index (χ2v) is 4.16. The number of carbonyl (C=O) groups is 1. The second kappa shape index (κ2) is 6.10. The smallest absolute Gasteiger partial charge is 0.273 e. The molecule has 0 aliphatic rings. The molecular formula is C13H16N4O2. The summed E-state index contributed by atoms with van der Waals surface area (Å²) in [5.74, 6) is -0.338. The molecule has 1 heterocycles. The number of hydrogen-bond acceptors (Lipinski definition) is 4. The summed E-state index contributed by atoms with van der Waals surface area (Å²) in [4.78, 5) is 11.8. The molecule has 0 aliphatic heterocycles. The molecule has 1 aromatic carbocycles. The number of hydrogen-bond donors (Lipinski definition) is 2. The highest BCUT2D eigenvalue weighted by Crippen LogP contribution is 2.05. The third-order valence-electron chi connectivity index (χ3n) is 2.72. The molecule has 0 radical (unpaired) electrons. The summed E-state index contributed by atoms with van der Waals surface area (Å²) in [5, 5.41) is 19.7. The van der Waals surface area contributed by atoms with Crippen LogP contribution in [-0.4, -0.2) is 38.7 Å². The van der Waals surface area contributed by atoms with Gasteiger partial charge in [-0.3, -0.25) is 4.79 Å². The molecule has 6 nitrogen and oxygen atoms in total. The molecule has 1 amide bonds. The van der Waals surface area contributed by atoms with Crippen LogP contribution in [0.15, 0.2) is 36.5 Å². The Morgan fingerprint density at radius 2 is 2.16 bits per heavy atom. The van der Waals surface area contributed by atoms with Crippen molar-refractivity contribution < 1.29 is 9.90 Å². The van der Waals surface area contributed by atoms with Crippen LogP contribution in [0, 0.1) is 0 Å². The van der Waals surface area contributed by atoms with Gasteiger partial charge in [0.25, 0.3) is 5.91 Å². The predicted octanol–water partition coefficient (Wildman–Crippen LogP) is 0.768. The molecule has 2 aromatic rings. The Morgan fingerprint density at radius 1 is 1.42 bits per heavy atom. The van der Waals surface area contributed by atoms with E-state index in [1.54, 1.807) is 6.20 Å². The molecule has 19 heavy (non-hydrogen) atoms. The molecule has 1 unspecified atom stereocenters. The molecule has 100 valence electrons. The SMILES string of the molecule is CCC(O)CNC(=O)c1cn(-c2ccccc2)nn1. The Bertz CT molecular complexity index is 539. The number of aromatic nitrogens is 3. The molecule has 0 saturated heterocycles. The number of nitrogens with zero attached hydrogens (tertiary/aromatic N) is 3. The lowest BCUT2D eigenvalue weighted by atomic mass is 10.3. The average Bonchev–Trinajstić information content (AvgIpc) is 2.95. The first-order chi connectivity index (χ1) is 9.20. The summed E-state index contributed by atoms with van der Waals surface area (Å²) in [5.41, 5.74) is 1.06. The van der Waals surface area contributed by atoms with Gasteiger partial charge in [-0.25, -0.2) is 4.68 Å². The Labute approximate surface area is 111 Å². The van der Waals surface area contributed by atoms with E-state index >= 15 is 0 Å². The van der Waals surface area contributed by atoms with Crippen LogP contribution in [0.4, 0.5) is 0 Å². The van der Waals surface area contributed by atoms with E-state index in [-0.39, 0.29) is 18.1 Å². The van der Waals surface area contributed by atoms with Crippen molar-refractivity contribution in [3.8, 4) is 5.69 Å². The van der Waals surface area contributed by atoms with Crippen LogP contribution in [0.1, 0.15) is 23.8 Å². The van der Waals surface area contributed by atoms with E-state index < -0.39 is 6.10 Å². The van der Waals surface area contributed by atoms with Crippen molar-refractivity contribution in [1.82, 2.24) is 20.3 Å². The lowest BCUT2D eigenvalue weighted by molar-refractivity contribution is 0.0909. The molecule has 2 N–H and O–H groups in total. The van der Waals surface area contributed by atoms with E-state index in [0.717, 1.165) is 5.69 Å². The van der Waals surface area contributed by atoms with Crippen LogP contribution in [0.25, 0.3) is 5.69 Å². The van der Waals surface area contributed by atoms with E-state index in [9.17, 15) is 9.90 Å². The van der Waals surface area contributed by atoms with Gasteiger partial charge in [-0.15, -0.1) is 5.10 Å². The maximum absolute atomic E-state index is 11.8. The molecular weight excluding hydrogens is 244 g/mol. The van der Waals surface area contributed by atoms with E-state index in [4.69, 9.17) is 0 Å². The molecule has 2 rings (SSSR count). The standard InChI is InChI=1S/C13H16N4O2/c1-2-11(18)8-14-13(19)12-9-17(16-15-12)10-6-4-3-5-7-10/h3-7,9,11,18H,2,8H2,1H3,(H,14,19). The summed E-state index contributed by atoms with van der Waals surface area (Å²) in [7, 11) is 0. The van der Waals surface area contributed by atoms with Crippen LogP contribution in [0.2, 0.25) is 0 Å². The van der Waals surface area contributed by atoms with Crippen molar-refractivity contribution in [3.63, 3.8) is 0 Å². The maximum Gasteiger partial charge on any atom is 0.273 e. The van der Waals surface area contributed by atoms with Crippen molar-refractivity contribution in [3.05, 3.63) is 42.2 Å². The van der Waals surface area contributed by atoms with Crippen molar-refractivity contribution in [2.45, 2.75) is 19.4 Å². The Morgan fingerprint density at radius 3 is 2.84 bits per heavy atom. The Kier molecular flexibility index (Phi) is 4.25. The van der Waals surface area contributed by atoms with Crippen LogP contribution >= 0.6 is 0 Å². The summed E-state index contributed by atoms with van der Waals surface area (Å²) in [6.45, 7) is 2.07. The van der Waals surface area contributed by atoms with Gasteiger partial charge in [-0.2, -0.15) is 0 Å². The van der Waals surface area contributed by atoms with Crippen molar-refractivity contribution in [1.29, 1.82) is 0 Å². The van der Waals surface area contributed by atoms with Gasteiger partial charge in [-0.05, 0) is 18.6 Å². The minimum atomic E-state index is -0.534. The zero-order chi connectivity index (χ0) is 13.7. The Hall–Kier alpha value is -2.21. The molecule has 0 aliphatic carbocycles. The summed E-state index contributed by atoms with van der Waals surface area (Å²) in [6.07, 6.45) is 1.62. The van der Waals surface area contributed by atoms with Crippen molar-refractivity contribution >= 4 is 5.91 Å². The first-order valence-corrected chi connectivity index (χ1v) is 6.14. The van der Waals surface area contributed by atoms with Gasteiger partial charge < -0.3 is 10.4 Å². The van der Waals surface area contributed by atoms with Crippen molar-refractivity contribution in [2.75, 3.05) is 6.54 Å². The summed E-state index contributed by atoms with van der Waals surface area (Å²) in [6, 6.07) is 9.41. The number of rotatable bonds is 5. The highest BCUT2D eigenvalue weighted by atomic mass is 16.3. The van der Waals surface area contributed by atoms with Gasteiger partial charge in [0.1, 0.15) is 0 Å². The van der Waals surface area contributed by atoms with Crippen LogP contribution in [0.3, 0.4) is 0 Å². The van der Waals surface area contributed by atoms with Gasteiger partial charge in [0, 0.05) is 6.54 Å². The van der Waals surface area contributed by atoms with Crippen LogP contribution in [0.5, 0.6) is 0 Å². The Balaban J connectivity index is 2.03. The second-order valence-electron chi connectivity index (χ2n) is 4.16. The molecule has 0 saturated carbocycles. The average molecular weight is 260 g/mol. The van der Waals surface area contributed by atoms with E-state index in [0.29, 0.717) is 6.42 Å². The first kappa shape index (κ1) is 13.2. The number of nitrogens with one attached hydrogen (secondary N) is 1. The molecule has 0 fully saturated rings. The minimum absolute atomic E-state index is 0.216. The highest BCUT2D eigenvalue weighted by molar-refractivity contribution is 5.91. The van der Waals surface area contributed by atoms with Gasteiger partial charge >= 0.3 is 0 Å². The number of benzene rings is 1. The van der Waals surface area contributed by atoms with Gasteiger partial charge in [0.05, 0.1) is 18.0 Å². The van der Waals surface area contributed by atoms with Gasteiger partial charge in [0.2, 0.25) is 0 Å². The normalized spacial score (nSPS) is 12.1. The summed E-state index contributed by atoms with van der Waals surface area (Å²) >= 11 is 0. The molecule has 0 spiro atoms. The molecule has 1 atom stereocenters. The largest absolute Gasteiger partial charge is 0.391 e. The number of aliphatic hydroxyl groups excluding tert-OH is 1. The number of para-hydroxylation sites is 1. The maximum atomic E-state index is 11.8. The lowest BCUT2D eigenvalue weighted by Gasteiger charge is -2.07. The third-order valence-corrected chi connectivity index (χ3v) is 2.72. The zero-order valence-corrected chi connectivity index (χ0v) is 10.7. The molecule has 0 bridgehead atoms. The predicted molar refractivity (Wildman–Crippen MR) is 70.0 cm³/mol. The van der Waals surface area contributed by atoms with E-state index in [1.807, 2.05) is 37.3 Å². The fourth-order valence-corrected chi connectivity index (χ4v) is 1.52. The fourth-order valence-electron chi connectivity index (χ4n) is 1.52. The van der Waals surface area contributed by atoms with Crippen molar-refractivity contribution in [2.24, 2.45) is 0 Å². The quantitative estimate of drug-likeness (QED) is 0.832. The van der Waals surface area contributed by atoms with Gasteiger partial charge in [-0.1, -0.05) is 30.3 Å². The minimum Gasteiger partial charge on any atom is -0.391 e. The van der Waals surface area contributed by atoms with Crippen LogP contribution in [-0.2, 0) is 0 Å². The lowest BCUT2D eigenvalue weighted by Crippen LogP contribution is -2.31. The highest BCUT2D eigenvalue weighted by Gasteiger charge is 2.12. The number of carbonyl (C=O) groups excluding carboxylic acids is 1. The third kappa shape index (κ3) is 3.38. The number of aliphatic hydroxyl groups is 1. The first-order valence-electron chi connectivity index (χ1n) is 6.14. The fraction of sp³-hybridized carbons (Fsp3) is 0.308. The van der Waals surface area contributed by atoms with Crippen LogP contribution < -0.4 is 5.32 Å². The zero-order valence-electron chi connectivity index (χ0n) is 10.7. The van der Waals surface area contributed by atoms with E-state index in [2.05, 4.69) is 15.6 Å². The topological polar surface area (TPSA) is 80.0 Å². The van der Waals surface area contributed by atoms with E-state index in [1.165, 1.54) is 4.68 Å².